The molecule has 0 bridgehead atoms. The van der Waals surface area contributed by atoms with Crippen LogP contribution in [0.5, 0.6) is 0 Å². The summed E-state index contributed by atoms with van der Waals surface area (Å²) in [5.41, 5.74) is 1.86. The largest absolute Gasteiger partial charge is 0.319 e. The fourth-order valence-electron chi connectivity index (χ4n) is 2.64. The summed E-state index contributed by atoms with van der Waals surface area (Å²) in [4.78, 5) is 12.4. The molecule has 0 aliphatic rings. The molecule has 3 rings (SSSR count). The van der Waals surface area contributed by atoms with Gasteiger partial charge >= 0.3 is 0 Å². The molecule has 7 heteroatoms. The van der Waals surface area contributed by atoms with Crippen LogP contribution in [0.4, 0.5) is 10.1 Å². The highest BCUT2D eigenvalue weighted by atomic mass is 35.5. The molecule has 3 aromatic rings. The van der Waals surface area contributed by atoms with Crippen LogP contribution in [-0.4, -0.2) is 15.7 Å². The number of amides is 1. The number of para-hydroxylation sites is 1. The first-order chi connectivity index (χ1) is 13.5. The highest BCUT2D eigenvalue weighted by Crippen LogP contribution is 2.24. The predicted octanol–water partition coefficient (Wildman–Crippen LogP) is 4.58. The molecule has 0 saturated carbocycles. The van der Waals surface area contributed by atoms with E-state index in [1.807, 2.05) is 36.4 Å². The number of hydrogen-bond acceptors (Lipinski definition) is 3. The third-order valence-electron chi connectivity index (χ3n) is 4.06. The SMILES string of the molecule is Cc1nn(Cc2ccccc2)c(Cl)c1/C=C(\C#N)C(=O)Nc1ccccc1F. The Hall–Kier alpha value is -3.43. The predicted molar refractivity (Wildman–Crippen MR) is 106 cm³/mol. The van der Waals surface area contributed by atoms with Crippen molar-refractivity contribution in [2.75, 3.05) is 5.32 Å². The van der Waals surface area contributed by atoms with Crippen LogP contribution < -0.4 is 5.32 Å². The molecule has 2 aromatic carbocycles. The van der Waals surface area contributed by atoms with Crippen molar-refractivity contribution in [2.24, 2.45) is 0 Å². The Morgan fingerprint density at radius 3 is 2.61 bits per heavy atom. The molecule has 1 aromatic heterocycles. The van der Waals surface area contributed by atoms with Gasteiger partial charge in [0.05, 0.1) is 17.9 Å². The number of hydrogen-bond donors (Lipinski definition) is 1. The summed E-state index contributed by atoms with van der Waals surface area (Å²) in [6.45, 7) is 2.20. The smallest absolute Gasteiger partial charge is 0.266 e. The maximum Gasteiger partial charge on any atom is 0.266 e. The summed E-state index contributed by atoms with van der Waals surface area (Å²) in [5, 5.41) is 16.5. The minimum atomic E-state index is -0.723. The Balaban J connectivity index is 1.87. The number of carbonyl (C=O) groups is 1. The molecule has 0 spiro atoms. The van der Waals surface area contributed by atoms with E-state index in [0.29, 0.717) is 23.0 Å². The summed E-state index contributed by atoms with van der Waals surface area (Å²) in [6, 6.07) is 17.2. The van der Waals surface area contributed by atoms with Crippen molar-refractivity contribution in [3.05, 3.63) is 88.0 Å². The number of halogens is 2. The highest BCUT2D eigenvalue weighted by Gasteiger charge is 2.17. The van der Waals surface area contributed by atoms with E-state index >= 15 is 0 Å². The number of aryl methyl sites for hydroxylation is 1. The van der Waals surface area contributed by atoms with Gasteiger partial charge in [-0.2, -0.15) is 10.4 Å². The molecule has 5 nitrogen and oxygen atoms in total. The van der Waals surface area contributed by atoms with Gasteiger partial charge in [0.15, 0.2) is 0 Å². The third kappa shape index (κ3) is 4.27. The fourth-order valence-corrected chi connectivity index (χ4v) is 2.93. The molecule has 0 saturated heterocycles. The lowest BCUT2D eigenvalue weighted by molar-refractivity contribution is -0.112. The maximum atomic E-state index is 13.7. The summed E-state index contributed by atoms with van der Waals surface area (Å²) in [5.74, 6) is -1.31. The molecule has 0 fully saturated rings. The normalized spacial score (nSPS) is 11.1. The summed E-state index contributed by atoms with van der Waals surface area (Å²) >= 11 is 6.43. The van der Waals surface area contributed by atoms with Crippen molar-refractivity contribution in [1.29, 1.82) is 5.26 Å². The molecule has 1 heterocycles. The summed E-state index contributed by atoms with van der Waals surface area (Å²) in [6.07, 6.45) is 1.36. The number of nitrogens with zero attached hydrogens (tertiary/aromatic N) is 3. The van der Waals surface area contributed by atoms with Gasteiger partial charge < -0.3 is 5.32 Å². The van der Waals surface area contributed by atoms with Crippen LogP contribution in [0.1, 0.15) is 16.8 Å². The molecule has 0 atom stereocenters. The molecule has 1 amide bonds. The van der Waals surface area contributed by atoms with E-state index in [9.17, 15) is 14.4 Å². The number of nitriles is 1. The van der Waals surface area contributed by atoms with Crippen LogP contribution in [0, 0.1) is 24.1 Å². The monoisotopic (exact) mass is 394 g/mol. The van der Waals surface area contributed by atoms with E-state index < -0.39 is 11.7 Å². The Morgan fingerprint density at radius 2 is 1.93 bits per heavy atom. The van der Waals surface area contributed by atoms with E-state index in [1.54, 1.807) is 17.7 Å². The lowest BCUT2D eigenvalue weighted by Crippen LogP contribution is -2.14. The molecule has 0 aliphatic carbocycles. The van der Waals surface area contributed by atoms with Gasteiger partial charge in [-0.3, -0.25) is 4.79 Å². The zero-order valence-corrected chi connectivity index (χ0v) is 15.7. The van der Waals surface area contributed by atoms with Gasteiger partial charge in [-0.05, 0) is 30.7 Å². The van der Waals surface area contributed by atoms with Crippen LogP contribution in [0.3, 0.4) is 0 Å². The molecular formula is C21H16ClFN4O. The van der Waals surface area contributed by atoms with E-state index in [4.69, 9.17) is 11.6 Å². The average Bonchev–Trinajstić information content (AvgIpc) is 2.95. The zero-order valence-electron chi connectivity index (χ0n) is 15.0. The number of anilines is 1. The van der Waals surface area contributed by atoms with Gasteiger partial charge in [-0.1, -0.05) is 54.1 Å². The molecule has 0 radical (unpaired) electrons. The van der Waals surface area contributed by atoms with Crippen LogP contribution >= 0.6 is 11.6 Å². The van der Waals surface area contributed by atoms with Crippen LogP contribution in [0.2, 0.25) is 5.15 Å². The second kappa shape index (κ2) is 8.51. The standard InChI is InChI=1S/C21H16ClFN4O/c1-14-17(20(22)27(26-14)13-15-7-3-2-4-8-15)11-16(12-24)21(28)25-19-10-6-5-9-18(19)23/h2-11H,13H2,1H3,(H,25,28)/b16-11+. The van der Waals surface area contributed by atoms with Crippen molar-refractivity contribution in [3.63, 3.8) is 0 Å². The van der Waals surface area contributed by atoms with E-state index in [-0.39, 0.29) is 11.3 Å². The summed E-state index contributed by atoms with van der Waals surface area (Å²) < 4.78 is 15.3. The maximum absolute atomic E-state index is 13.7. The molecule has 140 valence electrons. The lowest BCUT2D eigenvalue weighted by atomic mass is 10.1. The van der Waals surface area contributed by atoms with Crippen molar-refractivity contribution < 1.29 is 9.18 Å². The molecule has 28 heavy (non-hydrogen) atoms. The minimum absolute atomic E-state index is 0.00348. The summed E-state index contributed by atoms with van der Waals surface area (Å²) in [7, 11) is 0. The van der Waals surface area contributed by atoms with Gasteiger partial charge in [-0.25, -0.2) is 9.07 Å². The van der Waals surface area contributed by atoms with Gasteiger partial charge in [-0.15, -0.1) is 0 Å². The van der Waals surface area contributed by atoms with Crippen LogP contribution in [0.25, 0.3) is 6.08 Å². The highest BCUT2D eigenvalue weighted by molar-refractivity contribution is 6.31. The Bertz CT molecular complexity index is 1080. The quantitative estimate of drug-likeness (QED) is 0.508. The van der Waals surface area contributed by atoms with Gasteiger partial charge in [0.25, 0.3) is 5.91 Å². The van der Waals surface area contributed by atoms with Gasteiger partial charge in [0.1, 0.15) is 22.6 Å². The first kappa shape index (κ1) is 19.3. The van der Waals surface area contributed by atoms with Crippen molar-refractivity contribution in [2.45, 2.75) is 13.5 Å². The van der Waals surface area contributed by atoms with Crippen molar-refractivity contribution >= 4 is 29.3 Å². The zero-order chi connectivity index (χ0) is 20.1. The molecule has 0 unspecified atom stereocenters. The molecular weight excluding hydrogens is 379 g/mol. The second-order valence-corrected chi connectivity index (χ2v) is 6.39. The number of nitrogens with one attached hydrogen (secondary N) is 1. The van der Waals surface area contributed by atoms with E-state index in [0.717, 1.165) is 5.56 Å². The number of aromatic nitrogens is 2. The molecule has 1 N–H and O–H groups in total. The van der Waals surface area contributed by atoms with Gasteiger partial charge in [0, 0.05) is 5.56 Å². The number of carbonyl (C=O) groups excluding carboxylic acids is 1. The first-order valence-electron chi connectivity index (χ1n) is 8.44. The lowest BCUT2D eigenvalue weighted by Gasteiger charge is -2.05. The Labute approximate surface area is 166 Å². The Kier molecular flexibility index (Phi) is 5.87. The topological polar surface area (TPSA) is 70.7 Å². The first-order valence-corrected chi connectivity index (χ1v) is 8.82. The average molecular weight is 395 g/mol. The third-order valence-corrected chi connectivity index (χ3v) is 4.46. The van der Waals surface area contributed by atoms with Gasteiger partial charge in [0.2, 0.25) is 0 Å². The second-order valence-electron chi connectivity index (χ2n) is 6.04. The fraction of sp³-hybridized carbons (Fsp3) is 0.0952. The number of benzene rings is 2. The van der Waals surface area contributed by atoms with Crippen molar-refractivity contribution in [1.82, 2.24) is 9.78 Å². The van der Waals surface area contributed by atoms with E-state index in [1.165, 1.54) is 24.3 Å². The van der Waals surface area contributed by atoms with Crippen LogP contribution in [0.15, 0.2) is 60.2 Å². The van der Waals surface area contributed by atoms with Crippen LogP contribution in [-0.2, 0) is 11.3 Å². The van der Waals surface area contributed by atoms with E-state index in [2.05, 4.69) is 10.4 Å². The number of rotatable bonds is 5. The van der Waals surface area contributed by atoms with Crippen molar-refractivity contribution in [3.8, 4) is 6.07 Å². The Morgan fingerprint density at radius 1 is 1.25 bits per heavy atom. The molecule has 0 aliphatic heterocycles. The minimum Gasteiger partial charge on any atom is -0.319 e.